The summed E-state index contributed by atoms with van der Waals surface area (Å²) in [7, 11) is 0. The lowest BCUT2D eigenvalue weighted by molar-refractivity contribution is 0.00718. The first-order chi connectivity index (χ1) is 10.3. The Bertz CT molecular complexity index is 510. The number of fused-ring (bicyclic) bond motifs is 1. The number of likely N-dealkylation sites (tertiary alicyclic amines) is 1. The fourth-order valence-electron chi connectivity index (χ4n) is 3.57. The van der Waals surface area contributed by atoms with Crippen molar-refractivity contribution in [1.29, 1.82) is 0 Å². The number of ether oxygens (including phenoxy) is 1. The van der Waals surface area contributed by atoms with Crippen LogP contribution in [-0.2, 0) is 17.6 Å². The molecule has 1 heterocycles. The van der Waals surface area contributed by atoms with E-state index in [4.69, 9.17) is 4.74 Å². The quantitative estimate of drug-likeness (QED) is 0.780. The van der Waals surface area contributed by atoms with Gasteiger partial charge in [0.15, 0.2) is 5.78 Å². The van der Waals surface area contributed by atoms with Crippen molar-refractivity contribution >= 4 is 5.78 Å². The molecular formula is C18H25NO2. The van der Waals surface area contributed by atoms with Crippen molar-refractivity contribution in [2.75, 3.05) is 26.2 Å². The van der Waals surface area contributed by atoms with E-state index in [1.165, 1.54) is 24.0 Å². The number of piperidine rings is 1. The monoisotopic (exact) mass is 287 g/mol. The van der Waals surface area contributed by atoms with Crippen molar-refractivity contribution in [3.63, 3.8) is 0 Å². The molecule has 114 valence electrons. The maximum Gasteiger partial charge on any atom is 0.176 e. The molecule has 3 nitrogen and oxygen atoms in total. The molecule has 0 saturated carbocycles. The number of rotatable bonds is 5. The van der Waals surface area contributed by atoms with E-state index in [9.17, 15) is 4.79 Å². The standard InChI is InChI=1S/C18H25NO2/c1-2-21-17-7-4-10-19(12-17)13-18(20)16-9-8-14-5-3-6-15(14)11-16/h8-9,11,17H,2-7,10,12-13H2,1H3. The number of hydrogen-bond donors (Lipinski definition) is 0. The van der Waals surface area contributed by atoms with Gasteiger partial charge in [0.2, 0.25) is 0 Å². The first kappa shape index (κ1) is 14.7. The predicted molar refractivity (Wildman–Crippen MR) is 83.9 cm³/mol. The van der Waals surface area contributed by atoms with Crippen LogP contribution in [0.1, 0.15) is 47.7 Å². The van der Waals surface area contributed by atoms with E-state index in [1.54, 1.807) is 0 Å². The van der Waals surface area contributed by atoms with Gasteiger partial charge in [-0.05, 0) is 62.8 Å². The summed E-state index contributed by atoms with van der Waals surface area (Å²) in [5.41, 5.74) is 3.70. The molecule has 0 spiro atoms. The molecule has 0 radical (unpaired) electrons. The van der Waals surface area contributed by atoms with Gasteiger partial charge in [0.1, 0.15) is 0 Å². The zero-order chi connectivity index (χ0) is 14.7. The van der Waals surface area contributed by atoms with Crippen LogP contribution in [-0.4, -0.2) is 43.0 Å². The van der Waals surface area contributed by atoms with E-state index >= 15 is 0 Å². The van der Waals surface area contributed by atoms with Crippen LogP contribution in [0, 0.1) is 0 Å². The van der Waals surface area contributed by atoms with Gasteiger partial charge in [0.05, 0.1) is 12.6 Å². The van der Waals surface area contributed by atoms with Crippen LogP contribution >= 0.6 is 0 Å². The Balaban J connectivity index is 1.60. The Morgan fingerprint density at radius 1 is 1.29 bits per heavy atom. The van der Waals surface area contributed by atoms with Crippen LogP contribution in [0.25, 0.3) is 0 Å². The second kappa shape index (κ2) is 6.71. The first-order valence-corrected chi connectivity index (χ1v) is 8.25. The lowest BCUT2D eigenvalue weighted by Crippen LogP contribution is -2.42. The zero-order valence-electron chi connectivity index (χ0n) is 12.9. The van der Waals surface area contributed by atoms with Crippen LogP contribution < -0.4 is 0 Å². The molecule has 1 aliphatic heterocycles. The minimum absolute atomic E-state index is 0.252. The highest BCUT2D eigenvalue weighted by molar-refractivity contribution is 5.97. The topological polar surface area (TPSA) is 29.5 Å². The molecule has 1 aromatic rings. The molecule has 1 aromatic carbocycles. The number of nitrogens with zero attached hydrogens (tertiary/aromatic N) is 1. The van der Waals surface area contributed by atoms with E-state index in [0.29, 0.717) is 12.6 Å². The highest BCUT2D eigenvalue weighted by Gasteiger charge is 2.22. The minimum Gasteiger partial charge on any atom is -0.377 e. The van der Waals surface area contributed by atoms with Crippen LogP contribution in [0.5, 0.6) is 0 Å². The van der Waals surface area contributed by atoms with E-state index in [0.717, 1.165) is 44.5 Å². The maximum absolute atomic E-state index is 12.5. The summed E-state index contributed by atoms with van der Waals surface area (Å²) in [6.07, 6.45) is 6.09. The molecule has 3 rings (SSSR count). The third-order valence-corrected chi connectivity index (χ3v) is 4.65. The molecule has 1 saturated heterocycles. The molecule has 0 N–H and O–H groups in total. The van der Waals surface area contributed by atoms with Gasteiger partial charge in [-0.1, -0.05) is 12.1 Å². The highest BCUT2D eigenvalue weighted by atomic mass is 16.5. The predicted octanol–water partition coefficient (Wildman–Crippen LogP) is 2.86. The molecule has 3 heteroatoms. The fourth-order valence-corrected chi connectivity index (χ4v) is 3.57. The second-order valence-corrected chi connectivity index (χ2v) is 6.21. The summed E-state index contributed by atoms with van der Waals surface area (Å²) in [6.45, 7) is 5.24. The molecule has 2 aliphatic rings. The normalized spacial score (nSPS) is 22.2. The van der Waals surface area contributed by atoms with Crippen molar-refractivity contribution in [3.8, 4) is 0 Å². The smallest absolute Gasteiger partial charge is 0.176 e. The zero-order valence-corrected chi connectivity index (χ0v) is 12.9. The van der Waals surface area contributed by atoms with Crippen LogP contribution in [0.4, 0.5) is 0 Å². The number of carbonyl (C=O) groups is 1. The lowest BCUT2D eigenvalue weighted by Gasteiger charge is -2.31. The Labute approximate surface area is 127 Å². The Kier molecular flexibility index (Phi) is 4.71. The van der Waals surface area contributed by atoms with Gasteiger partial charge in [-0.3, -0.25) is 9.69 Å². The van der Waals surface area contributed by atoms with E-state index in [1.807, 2.05) is 13.0 Å². The Morgan fingerprint density at radius 3 is 3.00 bits per heavy atom. The fraction of sp³-hybridized carbons (Fsp3) is 0.611. The van der Waals surface area contributed by atoms with Gasteiger partial charge >= 0.3 is 0 Å². The molecule has 1 unspecified atom stereocenters. The molecule has 1 aliphatic carbocycles. The van der Waals surface area contributed by atoms with Gasteiger partial charge in [-0.25, -0.2) is 0 Å². The van der Waals surface area contributed by atoms with Crippen LogP contribution in [0.3, 0.4) is 0 Å². The number of ketones is 1. The van der Waals surface area contributed by atoms with Crippen molar-refractivity contribution < 1.29 is 9.53 Å². The molecule has 1 atom stereocenters. The van der Waals surface area contributed by atoms with E-state index in [2.05, 4.69) is 17.0 Å². The largest absolute Gasteiger partial charge is 0.377 e. The molecule has 0 amide bonds. The number of benzene rings is 1. The summed E-state index contributed by atoms with van der Waals surface area (Å²) in [6, 6.07) is 6.28. The lowest BCUT2D eigenvalue weighted by atomic mass is 10.0. The first-order valence-electron chi connectivity index (χ1n) is 8.25. The van der Waals surface area contributed by atoms with Crippen LogP contribution in [0.2, 0.25) is 0 Å². The SMILES string of the molecule is CCOC1CCCN(CC(=O)c2ccc3c(c2)CCC3)C1. The van der Waals surface area contributed by atoms with Crippen molar-refractivity contribution in [2.24, 2.45) is 0 Å². The van der Waals surface area contributed by atoms with Gasteiger partial charge in [-0.2, -0.15) is 0 Å². The summed E-state index contributed by atoms with van der Waals surface area (Å²) in [5, 5.41) is 0. The van der Waals surface area contributed by atoms with Crippen molar-refractivity contribution in [3.05, 3.63) is 34.9 Å². The summed E-state index contributed by atoms with van der Waals surface area (Å²) in [5.74, 6) is 0.252. The van der Waals surface area contributed by atoms with E-state index in [-0.39, 0.29) is 5.78 Å². The summed E-state index contributed by atoms with van der Waals surface area (Å²) < 4.78 is 5.71. The van der Waals surface area contributed by atoms with E-state index < -0.39 is 0 Å². The maximum atomic E-state index is 12.5. The average Bonchev–Trinajstić information content (AvgIpc) is 2.95. The molecule has 21 heavy (non-hydrogen) atoms. The number of Topliss-reactive ketones (excluding diaryl/α,β-unsaturated/α-hetero) is 1. The second-order valence-electron chi connectivity index (χ2n) is 6.21. The summed E-state index contributed by atoms with van der Waals surface area (Å²) in [4.78, 5) is 14.7. The van der Waals surface area contributed by atoms with Gasteiger partial charge in [0.25, 0.3) is 0 Å². The van der Waals surface area contributed by atoms with Gasteiger partial charge < -0.3 is 4.74 Å². The van der Waals surface area contributed by atoms with Crippen molar-refractivity contribution in [1.82, 2.24) is 4.90 Å². The third kappa shape index (κ3) is 3.53. The minimum atomic E-state index is 0.252. The Morgan fingerprint density at radius 2 is 2.14 bits per heavy atom. The number of hydrogen-bond acceptors (Lipinski definition) is 3. The Hall–Kier alpha value is -1.19. The average molecular weight is 287 g/mol. The van der Waals surface area contributed by atoms with Crippen molar-refractivity contribution in [2.45, 2.75) is 45.1 Å². The molecule has 0 bridgehead atoms. The van der Waals surface area contributed by atoms with Gasteiger partial charge in [0, 0.05) is 18.7 Å². The number of aryl methyl sites for hydroxylation is 2. The van der Waals surface area contributed by atoms with Gasteiger partial charge in [-0.15, -0.1) is 0 Å². The molecular weight excluding hydrogens is 262 g/mol. The van der Waals surface area contributed by atoms with Crippen LogP contribution in [0.15, 0.2) is 18.2 Å². The molecule has 1 fully saturated rings. The highest BCUT2D eigenvalue weighted by Crippen LogP contribution is 2.23. The molecule has 0 aromatic heterocycles. The number of carbonyl (C=O) groups excluding carboxylic acids is 1. The summed E-state index contributed by atoms with van der Waals surface area (Å²) >= 11 is 0. The third-order valence-electron chi connectivity index (χ3n) is 4.65.